The zero-order valence-electron chi connectivity index (χ0n) is 11.4. The number of anilines is 1. The van der Waals surface area contributed by atoms with Gasteiger partial charge in [0.1, 0.15) is 11.4 Å². The van der Waals surface area contributed by atoms with Crippen LogP contribution in [0.5, 0.6) is 5.75 Å². The molecule has 114 valence electrons. The van der Waals surface area contributed by atoms with Crippen LogP contribution in [-0.2, 0) is 4.79 Å². The quantitative estimate of drug-likeness (QED) is 0.496. The van der Waals surface area contributed by atoms with Crippen LogP contribution in [0.15, 0.2) is 29.6 Å². The zero-order chi connectivity index (χ0) is 16.1. The van der Waals surface area contributed by atoms with E-state index in [1.54, 1.807) is 5.38 Å². The van der Waals surface area contributed by atoms with E-state index in [1.165, 1.54) is 31.2 Å². The lowest BCUT2D eigenvalue weighted by atomic mass is 10.3. The van der Waals surface area contributed by atoms with Gasteiger partial charge in [-0.3, -0.25) is 25.0 Å². The molecule has 1 heterocycles. The van der Waals surface area contributed by atoms with E-state index in [-0.39, 0.29) is 23.8 Å². The molecule has 0 unspecified atom stereocenters. The topological polar surface area (TPSA) is 111 Å². The van der Waals surface area contributed by atoms with Crippen LogP contribution in [0.4, 0.5) is 10.8 Å². The number of Topliss-reactive ketones (excluding diaryl/α,β-unsaturated/α-hetero) is 1. The Balaban J connectivity index is 1.86. The van der Waals surface area contributed by atoms with Crippen LogP contribution in [0.1, 0.15) is 17.4 Å². The normalized spacial score (nSPS) is 10.0. The van der Waals surface area contributed by atoms with E-state index in [9.17, 15) is 19.7 Å². The van der Waals surface area contributed by atoms with Gasteiger partial charge in [0, 0.05) is 24.4 Å². The minimum Gasteiger partial charge on any atom is -0.484 e. The van der Waals surface area contributed by atoms with E-state index in [2.05, 4.69) is 10.3 Å². The molecule has 1 aromatic carbocycles. The summed E-state index contributed by atoms with van der Waals surface area (Å²) in [7, 11) is 0. The number of nitro groups is 1. The fraction of sp³-hybridized carbons (Fsp3) is 0.154. The first kappa shape index (κ1) is 15.6. The largest absolute Gasteiger partial charge is 0.484 e. The first-order chi connectivity index (χ1) is 10.5. The number of carbonyl (C=O) groups is 2. The first-order valence-corrected chi connectivity index (χ1v) is 6.97. The Morgan fingerprint density at radius 2 is 2.05 bits per heavy atom. The number of rotatable bonds is 6. The number of ether oxygens (including phenoxy) is 1. The number of hydrogen-bond donors (Lipinski definition) is 1. The number of nitro benzene ring substituents is 1. The van der Waals surface area contributed by atoms with Gasteiger partial charge in [0.05, 0.1) is 4.92 Å². The molecular weight excluding hydrogens is 310 g/mol. The van der Waals surface area contributed by atoms with Crippen LogP contribution in [0, 0.1) is 10.1 Å². The van der Waals surface area contributed by atoms with Crippen molar-refractivity contribution in [1.29, 1.82) is 0 Å². The lowest BCUT2D eigenvalue weighted by Crippen LogP contribution is -2.20. The van der Waals surface area contributed by atoms with Crippen LogP contribution in [0.2, 0.25) is 0 Å². The van der Waals surface area contributed by atoms with Gasteiger partial charge in [0.25, 0.3) is 11.6 Å². The van der Waals surface area contributed by atoms with Crippen LogP contribution in [-0.4, -0.2) is 28.2 Å². The smallest absolute Gasteiger partial charge is 0.269 e. The summed E-state index contributed by atoms with van der Waals surface area (Å²) in [6, 6.07) is 5.38. The molecule has 8 nitrogen and oxygen atoms in total. The Hall–Kier alpha value is -2.81. The van der Waals surface area contributed by atoms with Gasteiger partial charge in [0.15, 0.2) is 17.5 Å². The molecule has 9 heteroatoms. The molecule has 1 N–H and O–H groups in total. The van der Waals surface area contributed by atoms with Gasteiger partial charge in [-0.15, -0.1) is 11.3 Å². The van der Waals surface area contributed by atoms with E-state index in [1.807, 2.05) is 0 Å². The van der Waals surface area contributed by atoms with Gasteiger partial charge >= 0.3 is 0 Å². The SMILES string of the molecule is CC(=O)c1csc(NC(=O)COc2ccc([N+](=O)[O-])cc2)n1. The number of non-ortho nitro benzene ring substituents is 1. The van der Waals surface area contributed by atoms with Crippen molar-refractivity contribution in [2.75, 3.05) is 11.9 Å². The van der Waals surface area contributed by atoms with Gasteiger partial charge in [0.2, 0.25) is 0 Å². The fourth-order valence-corrected chi connectivity index (χ4v) is 2.23. The highest BCUT2D eigenvalue weighted by molar-refractivity contribution is 7.14. The van der Waals surface area contributed by atoms with Gasteiger partial charge < -0.3 is 4.74 Å². The minimum absolute atomic E-state index is 0.0589. The molecule has 22 heavy (non-hydrogen) atoms. The maximum Gasteiger partial charge on any atom is 0.269 e. The second kappa shape index (κ2) is 6.76. The number of ketones is 1. The number of nitrogens with zero attached hydrogens (tertiary/aromatic N) is 2. The Kier molecular flexibility index (Phi) is 4.79. The summed E-state index contributed by atoms with van der Waals surface area (Å²) in [4.78, 5) is 36.7. The van der Waals surface area contributed by atoms with Gasteiger partial charge in [-0.05, 0) is 12.1 Å². The number of benzene rings is 1. The number of hydrogen-bond acceptors (Lipinski definition) is 7. The third-order valence-electron chi connectivity index (χ3n) is 2.53. The Bertz CT molecular complexity index is 711. The van der Waals surface area contributed by atoms with Crippen LogP contribution in [0.25, 0.3) is 0 Å². The van der Waals surface area contributed by atoms with Crippen molar-refractivity contribution in [1.82, 2.24) is 4.98 Å². The molecule has 1 amide bonds. The number of amides is 1. The molecule has 0 atom stereocenters. The van der Waals surface area contributed by atoms with Crippen molar-refractivity contribution < 1.29 is 19.2 Å². The summed E-state index contributed by atoms with van der Waals surface area (Å²) in [6.07, 6.45) is 0. The average Bonchev–Trinajstić information content (AvgIpc) is 2.94. The average molecular weight is 321 g/mol. The third kappa shape index (κ3) is 4.09. The molecular formula is C13H11N3O5S. The highest BCUT2D eigenvalue weighted by atomic mass is 32.1. The third-order valence-corrected chi connectivity index (χ3v) is 3.29. The van der Waals surface area contributed by atoms with Gasteiger partial charge in [-0.2, -0.15) is 0 Å². The van der Waals surface area contributed by atoms with Crippen LogP contribution in [0.3, 0.4) is 0 Å². The molecule has 0 spiro atoms. The van der Waals surface area contributed by atoms with E-state index in [0.29, 0.717) is 10.9 Å². The predicted molar refractivity (Wildman–Crippen MR) is 79.3 cm³/mol. The number of aromatic nitrogens is 1. The van der Waals surface area contributed by atoms with Crippen molar-refractivity contribution in [3.05, 3.63) is 45.5 Å². The minimum atomic E-state index is -0.522. The first-order valence-electron chi connectivity index (χ1n) is 6.09. The van der Waals surface area contributed by atoms with E-state index in [4.69, 9.17) is 4.74 Å². The zero-order valence-corrected chi connectivity index (χ0v) is 12.3. The molecule has 2 rings (SSSR count). The fourth-order valence-electron chi connectivity index (χ4n) is 1.46. The second-order valence-electron chi connectivity index (χ2n) is 4.18. The summed E-state index contributed by atoms with van der Waals surface area (Å²) in [5, 5.41) is 14.9. The molecule has 0 aliphatic carbocycles. The van der Waals surface area contributed by atoms with Crippen molar-refractivity contribution in [2.45, 2.75) is 6.92 Å². The van der Waals surface area contributed by atoms with E-state index < -0.39 is 10.8 Å². The van der Waals surface area contributed by atoms with Crippen LogP contribution >= 0.6 is 11.3 Å². The second-order valence-corrected chi connectivity index (χ2v) is 5.04. The molecule has 0 aliphatic rings. The monoisotopic (exact) mass is 321 g/mol. The van der Waals surface area contributed by atoms with Crippen molar-refractivity contribution in [3.8, 4) is 5.75 Å². The maximum absolute atomic E-state index is 11.7. The lowest BCUT2D eigenvalue weighted by molar-refractivity contribution is -0.384. The highest BCUT2D eigenvalue weighted by Crippen LogP contribution is 2.18. The summed E-state index contributed by atoms with van der Waals surface area (Å²) in [6.45, 7) is 1.12. The Morgan fingerprint density at radius 3 is 2.59 bits per heavy atom. The van der Waals surface area contributed by atoms with Gasteiger partial charge in [-0.1, -0.05) is 0 Å². The van der Waals surface area contributed by atoms with Crippen molar-refractivity contribution in [2.24, 2.45) is 0 Å². The molecule has 0 saturated carbocycles. The summed E-state index contributed by atoms with van der Waals surface area (Å²) >= 11 is 1.14. The summed E-state index contributed by atoms with van der Waals surface area (Å²) in [5.41, 5.74) is 0.230. The molecule has 0 radical (unpaired) electrons. The summed E-state index contributed by atoms with van der Waals surface area (Å²) < 4.78 is 5.20. The molecule has 1 aromatic heterocycles. The molecule has 0 saturated heterocycles. The maximum atomic E-state index is 11.7. The lowest BCUT2D eigenvalue weighted by Gasteiger charge is -2.05. The van der Waals surface area contributed by atoms with Crippen molar-refractivity contribution >= 4 is 33.8 Å². The molecule has 0 bridgehead atoms. The standard InChI is InChI=1S/C13H11N3O5S/c1-8(17)11-7-22-13(14-11)15-12(18)6-21-10-4-2-9(3-5-10)16(19)20/h2-5,7H,6H2,1H3,(H,14,15,18). The number of thiazole rings is 1. The highest BCUT2D eigenvalue weighted by Gasteiger charge is 2.10. The van der Waals surface area contributed by atoms with E-state index >= 15 is 0 Å². The van der Waals surface area contributed by atoms with E-state index in [0.717, 1.165) is 11.3 Å². The summed E-state index contributed by atoms with van der Waals surface area (Å²) in [5.74, 6) is -0.286. The number of nitrogens with one attached hydrogen (secondary N) is 1. The molecule has 0 aliphatic heterocycles. The molecule has 2 aromatic rings. The predicted octanol–water partition coefficient (Wildman–Crippen LogP) is 2.27. The Morgan fingerprint density at radius 1 is 1.36 bits per heavy atom. The van der Waals surface area contributed by atoms with Crippen molar-refractivity contribution in [3.63, 3.8) is 0 Å². The molecule has 0 fully saturated rings. The van der Waals surface area contributed by atoms with Gasteiger partial charge in [-0.25, -0.2) is 4.98 Å². The number of carbonyl (C=O) groups excluding carboxylic acids is 2. The van der Waals surface area contributed by atoms with Crippen LogP contribution < -0.4 is 10.1 Å². The Labute approximate surface area is 128 Å².